The lowest BCUT2D eigenvalue weighted by atomic mass is 9.46. The average molecular weight is 553 g/mol. The van der Waals surface area contributed by atoms with Gasteiger partial charge in [0.15, 0.2) is 11.9 Å². The largest absolute Gasteiger partial charge is 0.458 e. The molecular formula is C34H48O6. The number of hydrogen-bond acceptors (Lipinski definition) is 6. The molecule has 220 valence electrons. The van der Waals surface area contributed by atoms with Crippen LogP contribution in [0.25, 0.3) is 0 Å². The standard InChI is InChI=1S/C34H48O6/c1-20-6-9-27-32(4,11-10-28-33(27,5)19-38-31(2,3)40-28)25(20)8-7-24-26(18-37-29(24)35)39-30(36)34-15-21-12-22(16-34)14-23(13-21)17-34/h7,21-23,25-28H,1,6,8-19H2,2-5H3/b24-7+/t21?,22?,23?,25-,26-,27+,28-,32+,33+,34?/m1/s1. The normalized spacial score (nSPS) is 49.9. The highest BCUT2D eigenvalue weighted by Gasteiger charge is 2.61. The van der Waals surface area contributed by atoms with Gasteiger partial charge < -0.3 is 18.9 Å². The van der Waals surface area contributed by atoms with E-state index in [9.17, 15) is 9.59 Å². The fourth-order valence-corrected chi connectivity index (χ4v) is 11.1. The zero-order valence-corrected chi connectivity index (χ0v) is 25.0. The van der Waals surface area contributed by atoms with Crippen molar-refractivity contribution < 1.29 is 28.5 Å². The molecular weight excluding hydrogens is 504 g/mol. The first kappa shape index (κ1) is 27.2. The molecule has 6 saturated carbocycles. The molecule has 0 amide bonds. The van der Waals surface area contributed by atoms with Crippen LogP contribution in [-0.4, -0.2) is 43.1 Å². The van der Waals surface area contributed by atoms with Gasteiger partial charge in [0.2, 0.25) is 0 Å². The highest BCUT2D eigenvalue weighted by Crippen LogP contribution is 2.64. The lowest BCUT2D eigenvalue weighted by Gasteiger charge is -2.63. The molecule has 0 aromatic rings. The van der Waals surface area contributed by atoms with Crippen molar-refractivity contribution in [3.05, 3.63) is 23.8 Å². The summed E-state index contributed by atoms with van der Waals surface area (Å²) in [6.45, 7) is 14.2. The van der Waals surface area contributed by atoms with Crippen LogP contribution in [0.1, 0.15) is 98.3 Å². The second-order valence-corrected chi connectivity index (χ2v) is 15.7. The first-order valence-corrected chi connectivity index (χ1v) is 16.0. The van der Waals surface area contributed by atoms with Crippen molar-refractivity contribution in [2.45, 2.75) is 116 Å². The van der Waals surface area contributed by atoms with Crippen LogP contribution >= 0.6 is 0 Å². The van der Waals surface area contributed by atoms with Gasteiger partial charge in [-0.05, 0) is 119 Å². The van der Waals surface area contributed by atoms with E-state index in [1.165, 1.54) is 24.8 Å². The number of ether oxygens (including phenoxy) is 4. The van der Waals surface area contributed by atoms with Crippen LogP contribution in [0.2, 0.25) is 0 Å². The van der Waals surface area contributed by atoms with E-state index in [4.69, 9.17) is 18.9 Å². The maximum absolute atomic E-state index is 13.7. The summed E-state index contributed by atoms with van der Waals surface area (Å²) < 4.78 is 24.3. The van der Waals surface area contributed by atoms with Crippen molar-refractivity contribution in [1.29, 1.82) is 0 Å². The molecule has 0 aromatic carbocycles. The first-order valence-electron chi connectivity index (χ1n) is 16.0. The molecule has 8 fully saturated rings. The van der Waals surface area contributed by atoms with E-state index in [1.807, 2.05) is 19.9 Å². The number of allylic oxidation sites excluding steroid dienone is 2. The fraction of sp³-hybridized carbons (Fsp3) is 0.824. The molecule has 6 nitrogen and oxygen atoms in total. The second kappa shape index (κ2) is 9.17. The van der Waals surface area contributed by atoms with Crippen molar-refractivity contribution in [2.75, 3.05) is 13.2 Å². The van der Waals surface area contributed by atoms with Gasteiger partial charge in [0.05, 0.1) is 23.7 Å². The molecule has 6 heteroatoms. The summed E-state index contributed by atoms with van der Waals surface area (Å²) >= 11 is 0. The third-order valence-corrected chi connectivity index (χ3v) is 12.7. The van der Waals surface area contributed by atoms with Gasteiger partial charge in [-0.2, -0.15) is 0 Å². The Balaban J connectivity index is 1.09. The lowest BCUT2D eigenvalue weighted by molar-refractivity contribution is -0.344. The summed E-state index contributed by atoms with van der Waals surface area (Å²) in [5.41, 5.74) is 1.46. The Kier molecular flexibility index (Phi) is 6.23. The van der Waals surface area contributed by atoms with Crippen molar-refractivity contribution in [1.82, 2.24) is 0 Å². The summed E-state index contributed by atoms with van der Waals surface area (Å²) in [4.78, 5) is 26.6. The van der Waals surface area contributed by atoms with Crippen LogP contribution in [0.5, 0.6) is 0 Å². The Morgan fingerprint density at radius 1 is 1.02 bits per heavy atom. The third-order valence-electron chi connectivity index (χ3n) is 12.7. The molecule has 4 bridgehead atoms. The minimum Gasteiger partial charge on any atom is -0.458 e. The minimum atomic E-state index is -0.593. The monoisotopic (exact) mass is 552 g/mol. The molecule has 0 aromatic heterocycles. The smallest absolute Gasteiger partial charge is 0.337 e. The zero-order chi connectivity index (χ0) is 28.1. The summed E-state index contributed by atoms with van der Waals surface area (Å²) in [5.74, 6) is 1.76. The topological polar surface area (TPSA) is 71.1 Å². The molecule has 0 radical (unpaired) electrons. The Bertz CT molecular complexity index is 1100. The average Bonchev–Trinajstić information content (AvgIpc) is 3.22. The van der Waals surface area contributed by atoms with Gasteiger partial charge in [0, 0.05) is 5.41 Å². The first-order chi connectivity index (χ1) is 18.9. The Hall–Kier alpha value is -1.66. The minimum absolute atomic E-state index is 0.0414. The van der Waals surface area contributed by atoms with Crippen LogP contribution in [0.15, 0.2) is 23.8 Å². The highest BCUT2D eigenvalue weighted by molar-refractivity contribution is 5.92. The fourth-order valence-electron chi connectivity index (χ4n) is 11.1. The van der Waals surface area contributed by atoms with Gasteiger partial charge >= 0.3 is 11.9 Å². The van der Waals surface area contributed by atoms with Crippen molar-refractivity contribution >= 4 is 11.9 Å². The maximum atomic E-state index is 13.7. The summed E-state index contributed by atoms with van der Waals surface area (Å²) in [6, 6.07) is 0. The molecule has 40 heavy (non-hydrogen) atoms. The lowest BCUT2D eigenvalue weighted by Crippen LogP contribution is -2.62. The maximum Gasteiger partial charge on any atom is 0.337 e. The van der Waals surface area contributed by atoms with E-state index >= 15 is 0 Å². The molecule has 2 aliphatic heterocycles. The molecule has 8 aliphatic rings. The van der Waals surface area contributed by atoms with Crippen LogP contribution in [0.3, 0.4) is 0 Å². The number of carbonyl (C=O) groups is 2. The summed E-state index contributed by atoms with van der Waals surface area (Å²) in [5, 5.41) is 0. The Morgan fingerprint density at radius 2 is 1.70 bits per heavy atom. The zero-order valence-electron chi connectivity index (χ0n) is 25.0. The van der Waals surface area contributed by atoms with E-state index in [-0.39, 0.29) is 46.8 Å². The van der Waals surface area contributed by atoms with Gasteiger partial charge in [0.1, 0.15) is 6.61 Å². The molecule has 2 heterocycles. The number of cyclic esters (lactones) is 1. The van der Waals surface area contributed by atoms with E-state index in [0.29, 0.717) is 35.9 Å². The van der Waals surface area contributed by atoms with Gasteiger partial charge in [-0.25, -0.2) is 4.79 Å². The van der Waals surface area contributed by atoms with Gasteiger partial charge in [-0.3, -0.25) is 4.79 Å². The van der Waals surface area contributed by atoms with Crippen molar-refractivity contribution in [2.24, 2.45) is 45.8 Å². The second-order valence-electron chi connectivity index (χ2n) is 15.7. The third kappa shape index (κ3) is 4.17. The van der Waals surface area contributed by atoms with E-state index < -0.39 is 11.9 Å². The molecule has 0 spiro atoms. The predicted octanol–water partition coefficient (Wildman–Crippen LogP) is 6.53. The van der Waals surface area contributed by atoms with Crippen LogP contribution in [0, 0.1) is 45.8 Å². The van der Waals surface area contributed by atoms with E-state index in [2.05, 4.69) is 20.4 Å². The van der Waals surface area contributed by atoms with Crippen LogP contribution in [-0.2, 0) is 28.5 Å². The number of carbonyl (C=O) groups excluding carboxylic acids is 2. The Morgan fingerprint density at radius 3 is 2.38 bits per heavy atom. The van der Waals surface area contributed by atoms with Crippen molar-refractivity contribution in [3.63, 3.8) is 0 Å². The van der Waals surface area contributed by atoms with Crippen molar-refractivity contribution in [3.8, 4) is 0 Å². The molecule has 6 atom stereocenters. The quantitative estimate of drug-likeness (QED) is 0.224. The highest BCUT2D eigenvalue weighted by atomic mass is 16.7. The molecule has 8 rings (SSSR count). The summed E-state index contributed by atoms with van der Waals surface area (Å²) in [7, 11) is 0. The van der Waals surface area contributed by atoms with Crippen LogP contribution in [0.4, 0.5) is 0 Å². The Labute approximate surface area is 239 Å². The number of esters is 2. The molecule has 0 N–H and O–H groups in total. The van der Waals surface area contributed by atoms with E-state index in [1.54, 1.807) is 0 Å². The molecule has 6 aliphatic carbocycles. The number of fused-ring (bicyclic) bond motifs is 3. The van der Waals surface area contributed by atoms with Gasteiger partial charge in [-0.1, -0.05) is 32.1 Å². The van der Waals surface area contributed by atoms with Gasteiger partial charge in [0.25, 0.3) is 0 Å². The predicted molar refractivity (Wildman–Crippen MR) is 150 cm³/mol. The van der Waals surface area contributed by atoms with E-state index in [0.717, 1.165) is 51.4 Å². The van der Waals surface area contributed by atoms with Crippen LogP contribution < -0.4 is 0 Å². The number of hydrogen-bond donors (Lipinski definition) is 0. The molecule has 2 saturated heterocycles. The molecule has 0 unspecified atom stereocenters. The number of rotatable bonds is 4. The SMILES string of the molecule is C=C1CC[C@@H]2[C@]3(C)COC(C)(C)O[C@@H]3CC[C@@]2(C)[C@@H]1C/C=C1/C(=O)OC[C@H]1OC(=O)C12CC3CC(CC(C3)C1)C2. The summed E-state index contributed by atoms with van der Waals surface area (Å²) in [6.07, 6.45) is 13.2. The van der Waals surface area contributed by atoms with Gasteiger partial charge in [-0.15, -0.1) is 0 Å².